The van der Waals surface area contributed by atoms with Crippen LogP contribution in [0, 0.1) is 6.92 Å². The molecule has 2 heterocycles. The van der Waals surface area contributed by atoms with E-state index in [9.17, 15) is 13.2 Å². The number of aromatic nitrogens is 2. The van der Waals surface area contributed by atoms with Crippen molar-refractivity contribution in [2.45, 2.75) is 18.7 Å². The molecule has 1 aromatic heterocycles. The molecule has 7 nitrogen and oxygen atoms in total. The van der Waals surface area contributed by atoms with Crippen LogP contribution >= 0.6 is 0 Å². The van der Waals surface area contributed by atoms with Gasteiger partial charge >= 0.3 is 0 Å². The van der Waals surface area contributed by atoms with Crippen LogP contribution in [0.3, 0.4) is 0 Å². The predicted molar refractivity (Wildman–Crippen MR) is 112 cm³/mol. The number of carbonyl (C=O) groups excluding carboxylic acids is 1. The highest BCUT2D eigenvalue weighted by Crippen LogP contribution is 2.28. The summed E-state index contributed by atoms with van der Waals surface area (Å²) in [6, 6.07) is 12.1. The summed E-state index contributed by atoms with van der Waals surface area (Å²) in [5.41, 5.74) is 2.48. The van der Waals surface area contributed by atoms with Crippen molar-refractivity contribution in [3.8, 4) is 0 Å². The second-order valence-corrected chi connectivity index (χ2v) is 9.08. The van der Waals surface area contributed by atoms with Gasteiger partial charge in [0, 0.05) is 37.1 Å². The quantitative estimate of drug-likeness (QED) is 0.615. The Balaban J connectivity index is 1.55. The lowest BCUT2D eigenvalue weighted by atomic mass is 10.1. The molecule has 0 atom stereocenters. The highest BCUT2D eigenvalue weighted by atomic mass is 32.2. The number of nitrogens with zero attached hydrogens (tertiary/aromatic N) is 4. The van der Waals surface area contributed by atoms with E-state index in [4.69, 9.17) is 0 Å². The summed E-state index contributed by atoms with van der Waals surface area (Å²) < 4.78 is 27.4. The first-order valence-electron chi connectivity index (χ1n) is 9.44. The Morgan fingerprint density at radius 1 is 0.966 bits per heavy atom. The van der Waals surface area contributed by atoms with Crippen LogP contribution < -0.4 is 4.90 Å². The zero-order valence-electron chi connectivity index (χ0n) is 16.4. The highest BCUT2D eigenvalue weighted by Gasteiger charge is 2.29. The van der Waals surface area contributed by atoms with Crippen molar-refractivity contribution in [2.24, 2.45) is 0 Å². The fourth-order valence-electron chi connectivity index (χ4n) is 3.65. The third kappa shape index (κ3) is 3.61. The van der Waals surface area contributed by atoms with Gasteiger partial charge < -0.3 is 4.90 Å². The fraction of sp³-hybridized carbons (Fsp3) is 0.286. The number of fused-ring (bicyclic) bond motifs is 1. The fourth-order valence-corrected chi connectivity index (χ4v) is 5.07. The maximum Gasteiger partial charge on any atom is 0.243 e. The third-order valence-electron chi connectivity index (χ3n) is 5.29. The normalized spacial score (nSPS) is 15.6. The lowest BCUT2D eigenvalue weighted by Crippen LogP contribution is -2.49. The maximum absolute atomic E-state index is 13.0. The van der Waals surface area contributed by atoms with Crippen LogP contribution in [0.1, 0.15) is 22.8 Å². The van der Waals surface area contributed by atoms with E-state index in [1.165, 1.54) is 23.4 Å². The van der Waals surface area contributed by atoms with Crippen molar-refractivity contribution >= 4 is 32.5 Å². The second-order valence-electron chi connectivity index (χ2n) is 7.14. The molecule has 4 rings (SSSR count). The standard InChI is InChI=1S/C21H22N4O3S/c1-15-4-3-5-19-20(15)21(23-14-22-19)24-10-12-25(13-11-24)29(27,28)18-8-6-17(7-9-18)16(2)26/h3-9,14H,10-13H2,1-2H3. The van der Waals surface area contributed by atoms with Gasteiger partial charge in [0.05, 0.1) is 10.4 Å². The van der Waals surface area contributed by atoms with Gasteiger partial charge in [0.15, 0.2) is 5.78 Å². The number of aryl methyl sites for hydroxylation is 1. The minimum atomic E-state index is -3.60. The van der Waals surface area contributed by atoms with E-state index in [0.29, 0.717) is 31.7 Å². The minimum Gasteiger partial charge on any atom is -0.353 e. The van der Waals surface area contributed by atoms with E-state index >= 15 is 0 Å². The smallest absolute Gasteiger partial charge is 0.243 e. The molecule has 0 unspecified atom stereocenters. The summed E-state index contributed by atoms with van der Waals surface area (Å²) in [4.78, 5) is 22.6. The van der Waals surface area contributed by atoms with Gasteiger partial charge in [-0.25, -0.2) is 18.4 Å². The molecule has 29 heavy (non-hydrogen) atoms. The number of anilines is 1. The van der Waals surface area contributed by atoms with E-state index in [1.54, 1.807) is 18.5 Å². The van der Waals surface area contributed by atoms with E-state index in [-0.39, 0.29) is 10.7 Å². The zero-order valence-corrected chi connectivity index (χ0v) is 17.2. The van der Waals surface area contributed by atoms with Crippen LogP contribution in [0.5, 0.6) is 0 Å². The van der Waals surface area contributed by atoms with Gasteiger partial charge in [-0.15, -0.1) is 0 Å². The van der Waals surface area contributed by atoms with Crippen molar-refractivity contribution in [3.63, 3.8) is 0 Å². The first-order valence-corrected chi connectivity index (χ1v) is 10.9. The molecule has 0 bridgehead atoms. The molecule has 8 heteroatoms. The molecule has 1 aliphatic heterocycles. The van der Waals surface area contributed by atoms with Crippen molar-refractivity contribution in [2.75, 3.05) is 31.1 Å². The largest absolute Gasteiger partial charge is 0.353 e. The van der Waals surface area contributed by atoms with Crippen LogP contribution in [0.4, 0.5) is 5.82 Å². The molecule has 3 aromatic rings. The number of rotatable bonds is 4. The summed E-state index contributed by atoms with van der Waals surface area (Å²) in [5.74, 6) is 0.755. The summed E-state index contributed by atoms with van der Waals surface area (Å²) in [6.45, 7) is 5.32. The average Bonchev–Trinajstić information content (AvgIpc) is 2.74. The van der Waals surface area contributed by atoms with Crippen molar-refractivity contribution in [1.29, 1.82) is 0 Å². The van der Waals surface area contributed by atoms with Gasteiger partial charge in [-0.2, -0.15) is 4.31 Å². The van der Waals surface area contributed by atoms with Crippen LogP contribution in [0.15, 0.2) is 53.7 Å². The molecule has 0 radical (unpaired) electrons. The number of ketones is 1. The average molecular weight is 410 g/mol. The van der Waals surface area contributed by atoms with E-state index in [2.05, 4.69) is 14.9 Å². The molecule has 0 aliphatic carbocycles. The highest BCUT2D eigenvalue weighted by molar-refractivity contribution is 7.89. The number of piperazine rings is 1. The van der Waals surface area contributed by atoms with Crippen LogP contribution in [-0.2, 0) is 10.0 Å². The maximum atomic E-state index is 13.0. The number of Topliss-reactive ketones (excluding diaryl/α,β-unsaturated/α-hetero) is 1. The number of benzene rings is 2. The molecule has 0 N–H and O–H groups in total. The minimum absolute atomic E-state index is 0.0880. The molecular weight excluding hydrogens is 388 g/mol. The van der Waals surface area contributed by atoms with Gasteiger partial charge in [0.25, 0.3) is 0 Å². The van der Waals surface area contributed by atoms with E-state index in [1.807, 2.05) is 25.1 Å². The molecule has 1 aliphatic rings. The Labute approximate surface area is 170 Å². The van der Waals surface area contributed by atoms with Crippen LogP contribution in [0.25, 0.3) is 10.9 Å². The Morgan fingerprint density at radius 3 is 2.31 bits per heavy atom. The van der Waals surface area contributed by atoms with Crippen molar-refractivity contribution in [3.05, 3.63) is 59.9 Å². The lowest BCUT2D eigenvalue weighted by Gasteiger charge is -2.35. The first-order chi connectivity index (χ1) is 13.9. The first kappa shape index (κ1) is 19.5. The molecule has 150 valence electrons. The number of hydrogen-bond acceptors (Lipinski definition) is 6. The van der Waals surface area contributed by atoms with E-state index in [0.717, 1.165) is 22.3 Å². The number of hydrogen-bond donors (Lipinski definition) is 0. The van der Waals surface area contributed by atoms with Crippen LogP contribution in [-0.4, -0.2) is 54.7 Å². The number of carbonyl (C=O) groups is 1. The van der Waals surface area contributed by atoms with Crippen molar-refractivity contribution in [1.82, 2.24) is 14.3 Å². The van der Waals surface area contributed by atoms with Gasteiger partial charge in [0.1, 0.15) is 12.1 Å². The molecule has 0 saturated carbocycles. The van der Waals surface area contributed by atoms with Gasteiger partial charge in [-0.3, -0.25) is 4.79 Å². The molecule has 2 aromatic carbocycles. The van der Waals surface area contributed by atoms with E-state index < -0.39 is 10.0 Å². The molecule has 0 amide bonds. The topological polar surface area (TPSA) is 83.5 Å². The zero-order chi connectivity index (χ0) is 20.6. The Hall–Kier alpha value is -2.84. The van der Waals surface area contributed by atoms with Crippen LogP contribution in [0.2, 0.25) is 0 Å². The third-order valence-corrected chi connectivity index (χ3v) is 7.20. The second kappa shape index (κ2) is 7.53. The van der Waals surface area contributed by atoms with Gasteiger partial charge in [-0.05, 0) is 37.6 Å². The summed E-state index contributed by atoms with van der Waals surface area (Å²) >= 11 is 0. The van der Waals surface area contributed by atoms with Crippen molar-refractivity contribution < 1.29 is 13.2 Å². The lowest BCUT2D eigenvalue weighted by molar-refractivity contribution is 0.101. The number of sulfonamides is 1. The molecule has 1 fully saturated rings. The monoisotopic (exact) mass is 410 g/mol. The molecule has 1 saturated heterocycles. The Kier molecular flexibility index (Phi) is 5.06. The van der Waals surface area contributed by atoms with Gasteiger partial charge in [0.2, 0.25) is 10.0 Å². The predicted octanol–water partition coefficient (Wildman–Crippen LogP) is 2.65. The molecular formula is C21H22N4O3S. The summed E-state index contributed by atoms with van der Waals surface area (Å²) in [5, 5.41) is 1.01. The SMILES string of the molecule is CC(=O)c1ccc(S(=O)(=O)N2CCN(c3ncnc4cccc(C)c34)CC2)cc1. The Bertz CT molecular complexity index is 1160. The summed E-state index contributed by atoms with van der Waals surface area (Å²) in [7, 11) is -3.60. The Morgan fingerprint density at radius 2 is 1.66 bits per heavy atom. The van der Waals surface area contributed by atoms with Gasteiger partial charge in [-0.1, -0.05) is 24.3 Å². The molecule has 0 spiro atoms. The summed E-state index contributed by atoms with van der Waals surface area (Å²) in [6.07, 6.45) is 1.55.